The average Bonchev–Trinajstić information content (AvgIpc) is 3.47. The van der Waals surface area contributed by atoms with E-state index in [4.69, 9.17) is 28.5 Å². The van der Waals surface area contributed by atoms with Crippen molar-refractivity contribution in [3.63, 3.8) is 0 Å². The minimum absolute atomic E-state index is 0.0188. The third kappa shape index (κ3) is 11.2. The second kappa shape index (κ2) is 20.7. The lowest BCUT2D eigenvalue weighted by Gasteiger charge is -2.46. The first kappa shape index (κ1) is 44.4. The van der Waals surface area contributed by atoms with Gasteiger partial charge in [-0.15, -0.1) is 5.06 Å². The molecule has 3 heterocycles. The van der Waals surface area contributed by atoms with Gasteiger partial charge in [-0.05, 0) is 32.1 Å². The van der Waals surface area contributed by atoms with Gasteiger partial charge in [-0.25, -0.2) is 4.79 Å². The van der Waals surface area contributed by atoms with E-state index in [2.05, 4.69) is 0 Å². The van der Waals surface area contributed by atoms with Gasteiger partial charge in [0.25, 0.3) is 11.8 Å². The fourth-order valence-electron chi connectivity index (χ4n) is 6.65. The number of Topliss-reactive ketones (excluding diaryl/α,β-unsaturated/α-hetero) is 1. The molecule has 3 aliphatic heterocycles. The minimum Gasteiger partial charge on any atom is -0.396 e. The molecule has 21 nitrogen and oxygen atoms in total. The van der Waals surface area contributed by atoms with E-state index in [1.807, 2.05) is 0 Å². The molecule has 0 unspecified atom stereocenters. The van der Waals surface area contributed by atoms with Crippen molar-refractivity contribution in [3.8, 4) is 0 Å². The molecule has 2 amide bonds. The second-order valence-corrected chi connectivity index (χ2v) is 14.0. The van der Waals surface area contributed by atoms with Crippen LogP contribution in [-0.2, 0) is 47.7 Å². The van der Waals surface area contributed by atoms with Crippen molar-refractivity contribution >= 4 is 23.6 Å². The highest BCUT2D eigenvalue weighted by molar-refractivity contribution is 6.01. The summed E-state index contributed by atoms with van der Waals surface area (Å²) in [7, 11) is 0. The van der Waals surface area contributed by atoms with Gasteiger partial charge in [0.1, 0.15) is 66.8 Å². The SMILES string of the molecule is O=C(CCCCO[C@@H]1O[C@H](CO[C@H]2C[C@H](CO)[C@@H](O)[C@H](O)[C@@H]2O)[C@@H](O)[C@H](O)[C@@H]1O[C@H]1O[C@H](CO)[C@@H](O)[C@H](O)[C@@H]1O)CCCCC(=O)ON1C(=O)CCC1=O. The molecule has 0 aromatic carbocycles. The summed E-state index contributed by atoms with van der Waals surface area (Å²) in [5, 5.41) is 103. The molecule has 3 saturated heterocycles. The van der Waals surface area contributed by atoms with E-state index in [0.29, 0.717) is 30.7 Å². The third-order valence-corrected chi connectivity index (χ3v) is 10.0. The van der Waals surface area contributed by atoms with Crippen LogP contribution >= 0.6 is 0 Å². The highest BCUT2D eigenvalue weighted by Gasteiger charge is 2.52. The first-order valence-corrected chi connectivity index (χ1v) is 18.1. The number of amides is 2. The van der Waals surface area contributed by atoms with Gasteiger partial charge in [-0.2, -0.15) is 0 Å². The molecule has 0 radical (unpaired) electrons. The lowest BCUT2D eigenvalue weighted by molar-refractivity contribution is -0.368. The molecule has 4 fully saturated rings. The standard InChI is InChI=1S/C33H53NO20/c35-12-15-11-17(24(42)27(45)23(15)41)50-14-19-26(44)29(47)31(53-32-30(48)28(46)25(43)18(13-36)51-32)33(52-19)49-10-4-3-6-16(37)5-1-2-7-22(40)54-34-20(38)8-9-21(34)39/h15,17-19,23-33,35-36,41-48H,1-14H2/t15-,17+,18-,19-,23-,24-,25-,26-,27+,28+,29+,30+,31+,32-,33-/m1/s1. The van der Waals surface area contributed by atoms with E-state index in [1.165, 1.54) is 0 Å². The number of rotatable bonds is 19. The van der Waals surface area contributed by atoms with E-state index in [1.54, 1.807) is 0 Å². The molecule has 54 heavy (non-hydrogen) atoms. The average molecular weight is 784 g/mol. The molecule has 0 spiro atoms. The van der Waals surface area contributed by atoms with Crippen molar-refractivity contribution in [2.45, 2.75) is 150 Å². The lowest BCUT2D eigenvalue weighted by atomic mass is 9.81. The number of hydrogen-bond donors (Lipinski definition) is 10. The number of hydrogen-bond acceptors (Lipinski definition) is 20. The summed E-state index contributed by atoms with van der Waals surface area (Å²) in [6.45, 7) is -1.82. The molecule has 0 aromatic rings. The molecule has 15 atom stereocenters. The van der Waals surface area contributed by atoms with Crippen molar-refractivity contribution in [2.24, 2.45) is 5.92 Å². The monoisotopic (exact) mass is 783 g/mol. The lowest BCUT2D eigenvalue weighted by Crippen LogP contribution is -2.65. The zero-order valence-corrected chi connectivity index (χ0v) is 29.6. The number of unbranched alkanes of at least 4 members (excludes halogenated alkanes) is 2. The Morgan fingerprint density at radius 2 is 1.24 bits per heavy atom. The number of carbonyl (C=O) groups is 4. The van der Waals surface area contributed by atoms with Gasteiger partial charge < -0.3 is 79.6 Å². The van der Waals surface area contributed by atoms with Crippen LogP contribution < -0.4 is 0 Å². The number of hydroxylamine groups is 2. The fourth-order valence-corrected chi connectivity index (χ4v) is 6.65. The molecular formula is C33H53NO20. The summed E-state index contributed by atoms with van der Waals surface area (Å²) in [6, 6.07) is 0. The molecule has 1 aliphatic carbocycles. The number of aliphatic hydroxyl groups excluding tert-OH is 10. The van der Waals surface area contributed by atoms with E-state index < -0.39 is 129 Å². The van der Waals surface area contributed by atoms with Crippen molar-refractivity contribution in [1.29, 1.82) is 0 Å². The van der Waals surface area contributed by atoms with Crippen LogP contribution in [0.15, 0.2) is 0 Å². The Labute approximate surface area is 309 Å². The van der Waals surface area contributed by atoms with Gasteiger partial charge in [0, 0.05) is 51.2 Å². The maximum absolute atomic E-state index is 12.4. The summed E-state index contributed by atoms with van der Waals surface area (Å²) in [5.74, 6) is -2.85. The Morgan fingerprint density at radius 1 is 0.648 bits per heavy atom. The number of ether oxygens (including phenoxy) is 5. The van der Waals surface area contributed by atoms with Crippen LogP contribution in [0, 0.1) is 5.92 Å². The van der Waals surface area contributed by atoms with Crippen LogP contribution in [0.3, 0.4) is 0 Å². The number of aliphatic hydroxyl groups is 10. The highest BCUT2D eigenvalue weighted by Crippen LogP contribution is 2.32. The van der Waals surface area contributed by atoms with Crippen LogP contribution in [0.25, 0.3) is 0 Å². The van der Waals surface area contributed by atoms with E-state index in [0.717, 1.165) is 0 Å². The molecule has 4 rings (SSSR count). The van der Waals surface area contributed by atoms with Crippen molar-refractivity contribution in [3.05, 3.63) is 0 Å². The van der Waals surface area contributed by atoms with Crippen molar-refractivity contribution < 1.29 is 98.8 Å². The van der Waals surface area contributed by atoms with Gasteiger partial charge in [0.05, 0.1) is 25.4 Å². The third-order valence-electron chi connectivity index (χ3n) is 10.0. The number of carbonyl (C=O) groups excluding carboxylic acids is 4. The predicted octanol–water partition coefficient (Wildman–Crippen LogP) is -4.98. The Bertz CT molecular complexity index is 1220. The smallest absolute Gasteiger partial charge is 0.333 e. The number of nitrogens with zero attached hydrogens (tertiary/aromatic N) is 1. The predicted molar refractivity (Wildman–Crippen MR) is 173 cm³/mol. The molecule has 0 bridgehead atoms. The number of ketones is 1. The molecule has 10 N–H and O–H groups in total. The van der Waals surface area contributed by atoms with Crippen molar-refractivity contribution in [2.75, 3.05) is 26.4 Å². The van der Waals surface area contributed by atoms with Gasteiger partial charge in [0.15, 0.2) is 12.6 Å². The molecule has 0 aromatic heterocycles. The summed E-state index contributed by atoms with van der Waals surface area (Å²) < 4.78 is 28.5. The van der Waals surface area contributed by atoms with Crippen LogP contribution in [0.1, 0.15) is 64.2 Å². The van der Waals surface area contributed by atoms with Crippen LogP contribution in [0.5, 0.6) is 0 Å². The Morgan fingerprint density at radius 3 is 1.89 bits per heavy atom. The maximum atomic E-state index is 12.4. The molecule has 1 saturated carbocycles. The van der Waals surface area contributed by atoms with Crippen LogP contribution in [-0.4, -0.2) is 192 Å². The molecule has 4 aliphatic rings. The largest absolute Gasteiger partial charge is 0.396 e. The number of imide groups is 1. The Kier molecular flexibility index (Phi) is 17.0. The Balaban J connectivity index is 1.28. The van der Waals surface area contributed by atoms with Crippen molar-refractivity contribution in [1.82, 2.24) is 5.06 Å². The second-order valence-electron chi connectivity index (χ2n) is 14.0. The topological polar surface area (TPSA) is 329 Å². The highest BCUT2D eigenvalue weighted by atomic mass is 16.8. The van der Waals surface area contributed by atoms with E-state index in [-0.39, 0.29) is 50.9 Å². The van der Waals surface area contributed by atoms with Gasteiger partial charge in [-0.3, -0.25) is 14.4 Å². The minimum atomic E-state index is -1.86. The summed E-state index contributed by atoms with van der Waals surface area (Å²) in [6.07, 6.45) is -20.7. The molecule has 21 heteroatoms. The van der Waals surface area contributed by atoms with Gasteiger partial charge in [-0.1, -0.05) is 0 Å². The quantitative estimate of drug-likeness (QED) is 0.0433. The molecular weight excluding hydrogens is 730 g/mol. The summed E-state index contributed by atoms with van der Waals surface area (Å²) in [5.41, 5.74) is 0. The van der Waals surface area contributed by atoms with E-state index >= 15 is 0 Å². The summed E-state index contributed by atoms with van der Waals surface area (Å²) >= 11 is 0. The Hall–Kier alpha value is -2.32. The van der Waals surface area contributed by atoms with Gasteiger partial charge >= 0.3 is 5.97 Å². The zero-order chi connectivity index (χ0) is 39.7. The van der Waals surface area contributed by atoms with Crippen LogP contribution in [0.4, 0.5) is 0 Å². The first-order chi connectivity index (χ1) is 25.7. The van der Waals surface area contributed by atoms with Gasteiger partial charge in [0.2, 0.25) is 0 Å². The normalized spacial score (nSPS) is 38.9. The first-order valence-electron chi connectivity index (χ1n) is 18.1. The maximum Gasteiger partial charge on any atom is 0.333 e. The molecule has 310 valence electrons. The summed E-state index contributed by atoms with van der Waals surface area (Å²) in [4.78, 5) is 52.3. The van der Waals surface area contributed by atoms with E-state index in [9.17, 15) is 70.2 Å². The van der Waals surface area contributed by atoms with Crippen LogP contribution in [0.2, 0.25) is 0 Å². The fraction of sp³-hybridized carbons (Fsp3) is 0.879. The zero-order valence-electron chi connectivity index (χ0n) is 29.6.